The Kier molecular flexibility index (Phi) is 3.77. The smallest absolute Gasteiger partial charge is 0.366 e. The lowest BCUT2D eigenvalue weighted by Gasteiger charge is -2.26. The number of thioether (sulfide) groups is 1. The summed E-state index contributed by atoms with van der Waals surface area (Å²) in [5.41, 5.74) is -1.16. The molecule has 0 radical (unpaired) electrons. The third kappa shape index (κ3) is 2.61. The summed E-state index contributed by atoms with van der Waals surface area (Å²) in [6, 6.07) is 8.05. The predicted molar refractivity (Wildman–Crippen MR) is 91.2 cm³/mol. The highest BCUT2D eigenvalue weighted by atomic mass is 35.5. The minimum Gasteiger partial charge on any atom is -0.366 e. The third-order valence-corrected chi connectivity index (χ3v) is 5.92. The second kappa shape index (κ2) is 5.54. The van der Waals surface area contributed by atoms with E-state index >= 15 is 0 Å². The van der Waals surface area contributed by atoms with E-state index in [1.165, 1.54) is 22.4 Å². The molecule has 0 aliphatic carbocycles. The van der Waals surface area contributed by atoms with Crippen LogP contribution in [0.4, 0.5) is 13.2 Å². The average molecular weight is 405 g/mol. The number of benzene rings is 2. The van der Waals surface area contributed by atoms with Crippen LogP contribution in [0.25, 0.3) is 11.0 Å². The Balaban J connectivity index is 1.90. The number of rotatable bonds is 1. The van der Waals surface area contributed by atoms with Gasteiger partial charge in [-0.2, -0.15) is 13.2 Å². The van der Waals surface area contributed by atoms with E-state index in [1.807, 2.05) is 0 Å². The van der Waals surface area contributed by atoms with Gasteiger partial charge in [0.2, 0.25) is 0 Å². The maximum atomic E-state index is 12.9. The van der Waals surface area contributed by atoms with Crippen LogP contribution in [0.1, 0.15) is 11.1 Å². The summed E-state index contributed by atoms with van der Waals surface area (Å²) in [5.74, 6) is 0.268. The predicted octanol–water partition coefficient (Wildman–Crippen LogP) is 5.16. The van der Waals surface area contributed by atoms with Crippen molar-refractivity contribution in [2.24, 2.45) is 0 Å². The molecule has 1 N–H and O–H groups in total. The summed E-state index contributed by atoms with van der Waals surface area (Å²) in [6.45, 7) is 0. The molecule has 2 heterocycles. The Bertz CT molecular complexity index is 1000. The highest BCUT2D eigenvalue weighted by molar-refractivity contribution is 7.99. The average Bonchev–Trinajstić information content (AvgIpc) is 3.07. The normalized spacial score (nSPS) is 20.2. The molecule has 1 aliphatic heterocycles. The zero-order chi connectivity index (χ0) is 18.0. The molecular weight excluding hydrogens is 396 g/mol. The number of halogens is 5. The van der Waals surface area contributed by atoms with Crippen molar-refractivity contribution in [3.05, 3.63) is 57.6 Å². The molecule has 0 unspecified atom stereocenters. The van der Waals surface area contributed by atoms with Gasteiger partial charge in [-0.15, -0.1) is 0 Å². The van der Waals surface area contributed by atoms with Gasteiger partial charge in [-0.1, -0.05) is 41.0 Å². The molecule has 0 saturated carbocycles. The fourth-order valence-electron chi connectivity index (χ4n) is 2.88. The summed E-state index contributed by atoms with van der Waals surface area (Å²) >= 11 is 13.2. The van der Waals surface area contributed by atoms with Crippen LogP contribution in [0, 0.1) is 0 Å². The van der Waals surface area contributed by atoms with Gasteiger partial charge in [0.05, 0.1) is 32.4 Å². The van der Waals surface area contributed by atoms with Crippen molar-refractivity contribution in [3.8, 4) is 0 Å². The van der Waals surface area contributed by atoms with E-state index in [0.717, 1.165) is 12.1 Å². The molecule has 130 valence electrons. The van der Waals surface area contributed by atoms with Gasteiger partial charge >= 0.3 is 6.18 Å². The van der Waals surface area contributed by atoms with E-state index in [-0.39, 0.29) is 16.3 Å². The zero-order valence-corrected chi connectivity index (χ0v) is 14.6. The topological polar surface area (TPSA) is 38.1 Å². The summed E-state index contributed by atoms with van der Waals surface area (Å²) in [5, 5.41) is 12.3. The minimum absolute atomic E-state index is 0.176. The fraction of sp³-hybridized carbons (Fsp3) is 0.188. The molecule has 0 bridgehead atoms. The molecule has 3 nitrogen and oxygen atoms in total. The molecular formula is C16H9Cl2F3N2OS. The Morgan fingerprint density at radius 2 is 1.88 bits per heavy atom. The molecule has 9 heteroatoms. The molecule has 0 fully saturated rings. The lowest BCUT2D eigenvalue weighted by Crippen LogP contribution is -2.33. The van der Waals surface area contributed by atoms with Crippen molar-refractivity contribution in [1.29, 1.82) is 0 Å². The number of hydrogen-bond acceptors (Lipinski definition) is 3. The van der Waals surface area contributed by atoms with Crippen LogP contribution in [0.5, 0.6) is 0 Å². The number of imidazole rings is 1. The first-order valence-corrected chi connectivity index (χ1v) is 8.85. The van der Waals surface area contributed by atoms with E-state index < -0.39 is 17.5 Å². The monoisotopic (exact) mass is 404 g/mol. The molecule has 4 rings (SSSR count). The highest BCUT2D eigenvalue weighted by Crippen LogP contribution is 2.44. The first kappa shape index (κ1) is 17.0. The van der Waals surface area contributed by atoms with Gasteiger partial charge in [0, 0.05) is 5.56 Å². The number of alkyl halides is 3. The number of nitrogens with zero attached hydrogens (tertiary/aromatic N) is 2. The molecule has 25 heavy (non-hydrogen) atoms. The second-order valence-electron chi connectivity index (χ2n) is 5.67. The van der Waals surface area contributed by atoms with E-state index in [0.29, 0.717) is 21.3 Å². The van der Waals surface area contributed by atoms with Crippen LogP contribution >= 0.6 is 35.0 Å². The Hall–Kier alpha value is -1.41. The molecule has 0 spiro atoms. The van der Waals surface area contributed by atoms with E-state index in [9.17, 15) is 18.3 Å². The lowest BCUT2D eigenvalue weighted by molar-refractivity contribution is -0.137. The number of fused-ring (bicyclic) bond motifs is 3. The van der Waals surface area contributed by atoms with E-state index in [1.54, 1.807) is 18.2 Å². The van der Waals surface area contributed by atoms with Crippen molar-refractivity contribution in [3.63, 3.8) is 0 Å². The quantitative estimate of drug-likeness (QED) is 0.608. The van der Waals surface area contributed by atoms with Gasteiger partial charge in [-0.25, -0.2) is 4.98 Å². The lowest BCUT2D eigenvalue weighted by atomic mass is 10.0. The largest absolute Gasteiger partial charge is 0.416 e. The molecule has 2 aromatic carbocycles. The van der Waals surface area contributed by atoms with Gasteiger partial charge in [-0.05, 0) is 30.3 Å². The Morgan fingerprint density at radius 1 is 1.12 bits per heavy atom. The van der Waals surface area contributed by atoms with Crippen LogP contribution < -0.4 is 0 Å². The van der Waals surface area contributed by atoms with Crippen molar-refractivity contribution < 1.29 is 18.3 Å². The number of aliphatic hydroxyl groups is 1. The first-order valence-electron chi connectivity index (χ1n) is 7.11. The first-order chi connectivity index (χ1) is 11.7. The van der Waals surface area contributed by atoms with Crippen LogP contribution in [0.2, 0.25) is 10.0 Å². The zero-order valence-electron chi connectivity index (χ0n) is 12.3. The summed E-state index contributed by atoms with van der Waals surface area (Å²) < 4.78 is 40.2. The molecule has 1 atom stereocenters. The Labute approximate surface area is 154 Å². The van der Waals surface area contributed by atoms with Crippen LogP contribution in [0.15, 0.2) is 41.6 Å². The standard InChI is InChI=1S/C16H9Cl2F3N2OS/c17-10-3-1-8(5-11(10)18)15(24)7-25-14-22-12-6-9(16(19,20)21)2-4-13(12)23(14)15/h1-6,24H,7H2/t15-/m0/s1. The second-order valence-corrected chi connectivity index (χ2v) is 7.42. The summed E-state index contributed by atoms with van der Waals surface area (Å²) in [6.07, 6.45) is -4.45. The molecule has 3 aromatic rings. The number of aromatic nitrogens is 2. The fourth-order valence-corrected chi connectivity index (χ4v) is 4.34. The maximum Gasteiger partial charge on any atom is 0.416 e. The molecule has 0 saturated heterocycles. The van der Waals surface area contributed by atoms with E-state index in [2.05, 4.69) is 4.98 Å². The van der Waals surface area contributed by atoms with Crippen LogP contribution in [-0.2, 0) is 11.9 Å². The molecule has 1 aliphatic rings. The van der Waals surface area contributed by atoms with Gasteiger partial charge in [-0.3, -0.25) is 4.57 Å². The van der Waals surface area contributed by atoms with Gasteiger partial charge in [0.1, 0.15) is 0 Å². The maximum absolute atomic E-state index is 12.9. The van der Waals surface area contributed by atoms with Gasteiger partial charge in [0.25, 0.3) is 0 Å². The van der Waals surface area contributed by atoms with Crippen molar-refractivity contribution >= 4 is 46.0 Å². The molecule has 0 amide bonds. The third-order valence-electron chi connectivity index (χ3n) is 4.11. The van der Waals surface area contributed by atoms with Crippen molar-refractivity contribution in [1.82, 2.24) is 9.55 Å². The SMILES string of the molecule is O[C@]1(c2ccc(Cl)c(Cl)c2)CSc2nc3cc(C(F)(F)F)ccc3n21. The highest BCUT2D eigenvalue weighted by Gasteiger charge is 2.42. The number of hydrogen-bond donors (Lipinski definition) is 1. The van der Waals surface area contributed by atoms with Crippen molar-refractivity contribution in [2.45, 2.75) is 17.1 Å². The van der Waals surface area contributed by atoms with E-state index in [4.69, 9.17) is 23.2 Å². The Morgan fingerprint density at radius 3 is 2.56 bits per heavy atom. The van der Waals surface area contributed by atoms with Crippen LogP contribution in [0.3, 0.4) is 0 Å². The summed E-state index contributed by atoms with van der Waals surface area (Å²) in [7, 11) is 0. The van der Waals surface area contributed by atoms with Gasteiger partial charge in [0.15, 0.2) is 10.9 Å². The van der Waals surface area contributed by atoms with Crippen molar-refractivity contribution in [2.75, 3.05) is 5.75 Å². The summed E-state index contributed by atoms with van der Waals surface area (Å²) in [4.78, 5) is 4.24. The van der Waals surface area contributed by atoms with Crippen LogP contribution in [-0.4, -0.2) is 20.4 Å². The minimum atomic E-state index is -4.45. The molecule has 1 aromatic heterocycles. The van der Waals surface area contributed by atoms with Gasteiger partial charge < -0.3 is 5.11 Å².